The number of alkyl halides is 1. The summed E-state index contributed by atoms with van der Waals surface area (Å²) in [6.45, 7) is 0. The maximum absolute atomic E-state index is 6.16. The van der Waals surface area contributed by atoms with E-state index < -0.39 is 0 Å². The van der Waals surface area contributed by atoms with E-state index in [4.69, 9.17) is 11.6 Å². The molecule has 0 aliphatic carbocycles. The fraction of sp³-hybridized carbons (Fsp3) is 0.200. The number of thioether (sulfide) groups is 1. The van der Waals surface area contributed by atoms with Crippen LogP contribution in [0.5, 0.6) is 0 Å². The Morgan fingerprint density at radius 3 is 2.33 bits per heavy atom. The lowest BCUT2D eigenvalue weighted by molar-refractivity contribution is 0.902. The Labute approximate surface area is 126 Å². The molecule has 0 aliphatic heterocycles. The number of benzene rings is 2. The highest BCUT2D eigenvalue weighted by Crippen LogP contribution is 2.31. The largest absolute Gasteiger partial charge is 0.124 e. The molecule has 0 amide bonds. The highest BCUT2D eigenvalue weighted by molar-refractivity contribution is 9.09. The summed E-state index contributed by atoms with van der Waals surface area (Å²) in [5, 5.41) is 1.80. The molecule has 0 saturated carbocycles. The van der Waals surface area contributed by atoms with E-state index in [0.29, 0.717) is 5.92 Å². The van der Waals surface area contributed by atoms with Crippen LogP contribution in [0.3, 0.4) is 0 Å². The van der Waals surface area contributed by atoms with Gasteiger partial charge < -0.3 is 0 Å². The number of rotatable bonds is 5. The van der Waals surface area contributed by atoms with Gasteiger partial charge >= 0.3 is 0 Å². The lowest BCUT2D eigenvalue weighted by Gasteiger charge is -2.14. The predicted octanol–water partition coefficient (Wildman–Crippen LogP) is 5.61. The van der Waals surface area contributed by atoms with Crippen molar-refractivity contribution in [3.05, 3.63) is 65.2 Å². The van der Waals surface area contributed by atoms with Gasteiger partial charge in [-0.2, -0.15) is 0 Å². The van der Waals surface area contributed by atoms with Crippen LogP contribution in [-0.4, -0.2) is 11.1 Å². The van der Waals surface area contributed by atoms with Crippen molar-refractivity contribution in [1.82, 2.24) is 0 Å². The second kappa shape index (κ2) is 7.22. The average molecular weight is 342 g/mol. The second-order valence-corrected chi connectivity index (χ2v) is 6.12. The molecule has 0 bridgehead atoms. The van der Waals surface area contributed by atoms with Crippen molar-refractivity contribution in [1.29, 1.82) is 0 Å². The number of hydrogen-bond donors (Lipinski definition) is 0. The van der Waals surface area contributed by atoms with Crippen LogP contribution in [0, 0.1) is 0 Å². The number of hydrogen-bond acceptors (Lipinski definition) is 1. The first-order valence-electron chi connectivity index (χ1n) is 5.79. The van der Waals surface area contributed by atoms with Crippen molar-refractivity contribution < 1.29 is 0 Å². The zero-order valence-electron chi connectivity index (χ0n) is 9.85. The Morgan fingerprint density at radius 1 is 1.00 bits per heavy atom. The standard InChI is InChI=1S/C15H14BrClS/c16-10-13(12-6-2-1-3-7-12)11-18-15-9-5-4-8-14(15)17/h1-9,13H,10-11H2. The molecule has 18 heavy (non-hydrogen) atoms. The van der Waals surface area contributed by atoms with E-state index in [-0.39, 0.29) is 0 Å². The van der Waals surface area contributed by atoms with Crippen molar-refractivity contribution in [2.45, 2.75) is 10.8 Å². The third-order valence-electron chi connectivity index (χ3n) is 2.73. The van der Waals surface area contributed by atoms with Gasteiger partial charge in [0.15, 0.2) is 0 Å². The Balaban J connectivity index is 2.02. The summed E-state index contributed by atoms with van der Waals surface area (Å²) in [6.07, 6.45) is 0. The van der Waals surface area contributed by atoms with Crippen molar-refractivity contribution in [3.63, 3.8) is 0 Å². The topological polar surface area (TPSA) is 0 Å². The Bertz CT molecular complexity index is 487. The first-order valence-corrected chi connectivity index (χ1v) is 8.28. The SMILES string of the molecule is Clc1ccccc1SCC(CBr)c1ccccc1. The third-order valence-corrected chi connectivity index (χ3v) is 5.19. The molecule has 0 spiro atoms. The normalized spacial score (nSPS) is 12.3. The minimum absolute atomic E-state index is 0.507. The van der Waals surface area contributed by atoms with Gasteiger partial charge in [-0.15, -0.1) is 11.8 Å². The van der Waals surface area contributed by atoms with Gasteiger partial charge in [-0.1, -0.05) is 70.0 Å². The Kier molecular flexibility index (Phi) is 5.61. The molecule has 0 nitrogen and oxygen atoms in total. The van der Waals surface area contributed by atoms with E-state index in [0.717, 1.165) is 21.0 Å². The summed E-state index contributed by atoms with van der Waals surface area (Å²) >= 11 is 11.6. The highest BCUT2D eigenvalue weighted by Gasteiger charge is 2.11. The zero-order chi connectivity index (χ0) is 12.8. The maximum Gasteiger partial charge on any atom is 0.0541 e. The second-order valence-electron chi connectivity index (χ2n) is 4.00. The van der Waals surface area contributed by atoms with Gasteiger partial charge in [0.1, 0.15) is 0 Å². The molecule has 0 aliphatic rings. The molecule has 3 heteroatoms. The summed E-state index contributed by atoms with van der Waals surface area (Å²) in [5.74, 6) is 1.53. The van der Waals surface area contributed by atoms with Crippen LogP contribution in [0.15, 0.2) is 59.5 Å². The van der Waals surface area contributed by atoms with Crippen molar-refractivity contribution >= 4 is 39.3 Å². The molecule has 0 radical (unpaired) electrons. The predicted molar refractivity (Wildman–Crippen MR) is 85.2 cm³/mol. The van der Waals surface area contributed by atoms with E-state index in [9.17, 15) is 0 Å². The maximum atomic E-state index is 6.16. The van der Waals surface area contributed by atoms with Gasteiger partial charge in [-0.25, -0.2) is 0 Å². The van der Waals surface area contributed by atoms with Gasteiger partial charge in [0.2, 0.25) is 0 Å². The molecule has 0 fully saturated rings. The van der Waals surface area contributed by atoms with E-state index >= 15 is 0 Å². The fourth-order valence-electron chi connectivity index (χ4n) is 1.71. The minimum atomic E-state index is 0.507. The van der Waals surface area contributed by atoms with Gasteiger partial charge in [0, 0.05) is 21.9 Å². The summed E-state index contributed by atoms with van der Waals surface area (Å²) < 4.78 is 0. The quantitative estimate of drug-likeness (QED) is 0.503. The smallest absolute Gasteiger partial charge is 0.0541 e. The van der Waals surface area contributed by atoms with Gasteiger partial charge in [-0.3, -0.25) is 0 Å². The summed E-state index contributed by atoms with van der Waals surface area (Å²) in [7, 11) is 0. The number of halogens is 2. The molecule has 94 valence electrons. The monoisotopic (exact) mass is 340 g/mol. The third kappa shape index (κ3) is 3.78. The van der Waals surface area contributed by atoms with E-state index in [1.807, 2.05) is 30.0 Å². The van der Waals surface area contributed by atoms with Crippen LogP contribution in [0.4, 0.5) is 0 Å². The van der Waals surface area contributed by atoms with E-state index in [2.05, 4.69) is 52.3 Å². The Morgan fingerprint density at radius 2 is 1.67 bits per heavy atom. The molecular weight excluding hydrogens is 328 g/mol. The van der Waals surface area contributed by atoms with Crippen molar-refractivity contribution in [2.24, 2.45) is 0 Å². The first kappa shape index (κ1) is 14.0. The molecule has 1 atom stereocenters. The summed E-state index contributed by atoms with van der Waals surface area (Å²) in [6, 6.07) is 18.6. The molecule has 0 heterocycles. The molecule has 0 saturated heterocycles. The minimum Gasteiger partial charge on any atom is -0.124 e. The summed E-state index contributed by atoms with van der Waals surface area (Å²) in [5.41, 5.74) is 1.37. The zero-order valence-corrected chi connectivity index (χ0v) is 13.0. The van der Waals surface area contributed by atoms with Gasteiger partial charge in [0.25, 0.3) is 0 Å². The molecule has 2 rings (SSSR count). The highest BCUT2D eigenvalue weighted by atomic mass is 79.9. The van der Waals surface area contributed by atoms with Crippen LogP contribution >= 0.6 is 39.3 Å². The van der Waals surface area contributed by atoms with E-state index in [1.54, 1.807) is 0 Å². The summed E-state index contributed by atoms with van der Waals surface area (Å²) in [4.78, 5) is 1.15. The van der Waals surface area contributed by atoms with Crippen molar-refractivity contribution in [2.75, 3.05) is 11.1 Å². The van der Waals surface area contributed by atoms with Gasteiger partial charge in [0.05, 0.1) is 5.02 Å². The first-order chi connectivity index (χ1) is 8.81. The lowest BCUT2D eigenvalue weighted by atomic mass is 10.0. The van der Waals surface area contributed by atoms with Gasteiger partial charge in [-0.05, 0) is 17.7 Å². The fourth-order valence-corrected chi connectivity index (χ4v) is 3.98. The molecule has 2 aromatic carbocycles. The average Bonchev–Trinajstić information content (AvgIpc) is 2.42. The molecule has 0 aromatic heterocycles. The van der Waals surface area contributed by atoms with E-state index in [1.165, 1.54) is 5.56 Å². The molecule has 1 unspecified atom stereocenters. The van der Waals surface area contributed by atoms with Crippen LogP contribution in [0.2, 0.25) is 5.02 Å². The molecular formula is C15H14BrClS. The Hall–Kier alpha value is -0.440. The molecule has 2 aromatic rings. The lowest BCUT2D eigenvalue weighted by Crippen LogP contribution is -2.03. The van der Waals surface area contributed by atoms with Crippen LogP contribution in [-0.2, 0) is 0 Å². The van der Waals surface area contributed by atoms with Crippen molar-refractivity contribution in [3.8, 4) is 0 Å². The van der Waals surface area contributed by atoms with Crippen LogP contribution in [0.1, 0.15) is 11.5 Å². The van der Waals surface area contributed by atoms with Crippen LogP contribution < -0.4 is 0 Å². The molecule has 0 N–H and O–H groups in total. The van der Waals surface area contributed by atoms with Crippen LogP contribution in [0.25, 0.3) is 0 Å².